The summed E-state index contributed by atoms with van der Waals surface area (Å²) in [7, 11) is 0. The second-order valence-corrected chi connectivity index (χ2v) is 4.04. The number of hydrogen-bond acceptors (Lipinski definition) is 3. The van der Waals surface area contributed by atoms with Gasteiger partial charge in [-0.1, -0.05) is 22.0 Å². The lowest BCUT2D eigenvalue weighted by atomic mass is 10.2. The van der Waals surface area contributed by atoms with Crippen LogP contribution in [0.4, 0.5) is 5.69 Å². The van der Waals surface area contributed by atoms with Crippen LogP contribution in [0.2, 0.25) is 0 Å². The van der Waals surface area contributed by atoms with Gasteiger partial charge < -0.3 is 11.5 Å². The van der Waals surface area contributed by atoms with E-state index >= 15 is 0 Å². The van der Waals surface area contributed by atoms with E-state index in [0.717, 1.165) is 9.86 Å². The van der Waals surface area contributed by atoms with E-state index in [1.807, 2.05) is 12.1 Å². The van der Waals surface area contributed by atoms with Crippen molar-refractivity contribution in [2.24, 2.45) is 5.73 Å². The number of nitrogen functional groups attached to an aromatic ring is 1. The molecule has 1 aromatic carbocycles. The Bertz CT molecular complexity index is 554. The number of nitrogens with two attached hydrogens (primary N) is 2. The van der Waals surface area contributed by atoms with Gasteiger partial charge >= 0.3 is 0 Å². The Morgan fingerprint density at radius 1 is 1.33 bits per heavy atom. The van der Waals surface area contributed by atoms with E-state index in [1.165, 1.54) is 0 Å². The maximum Gasteiger partial charge on any atom is 0.269 e. The van der Waals surface area contributed by atoms with Gasteiger partial charge in [0.2, 0.25) is 0 Å². The van der Waals surface area contributed by atoms with E-state index in [2.05, 4.69) is 20.9 Å². The zero-order valence-corrected chi connectivity index (χ0v) is 9.28. The van der Waals surface area contributed by atoms with Crippen LogP contribution in [0.25, 0.3) is 10.9 Å². The molecular weight excluding hydrogens is 258 g/mol. The molecule has 4 nitrogen and oxygen atoms in total. The fourth-order valence-electron chi connectivity index (χ4n) is 1.35. The van der Waals surface area contributed by atoms with Gasteiger partial charge in [0.25, 0.3) is 5.91 Å². The maximum atomic E-state index is 11.0. The lowest BCUT2D eigenvalue weighted by molar-refractivity contribution is 0.0997. The third-order valence-corrected chi connectivity index (χ3v) is 2.54. The number of amides is 1. The number of hydrogen-bond donors (Lipinski definition) is 2. The van der Waals surface area contributed by atoms with Gasteiger partial charge in [0.05, 0.1) is 11.2 Å². The molecule has 0 spiro atoms. The summed E-state index contributed by atoms with van der Waals surface area (Å²) in [5, 5.41) is 0.876. The number of pyridine rings is 1. The van der Waals surface area contributed by atoms with Crippen LogP contribution in [0.5, 0.6) is 0 Å². The number of aromatic nitrogens is 1. The summed E-state index contributed by atoms with van der Waals surface area (Å²) in [6, 6.07) is 7.25. The Hall–Kier alpha value is -1.62. The van der Waals surface area contributed by atoms with Crippen molar-refractivity contribution in [3.8, 4) is 0 Å². The van der Waals surface area contributed by atoms with Gasteiger partial charge in [-0.15, -0.1) is 0 Å². The monoisotopic (exact) mass is 265 g/mol. The van der Waals surface area contributed by atoms with Gasteiger partial charge in [0.1, 0.15) is 0 Å². The minimum absolute atomic E-state index is 0.112. The molecule has 0 atom stereocenters. The minimum atomic E-state index is -0.616. The highest BCUT2D eigenvalue weighted by Crippen LogP contribution is 2.21. The van der Waals surface area contributed by atoms with E-state index in [4.69, 9.17) is 11.5 Å². The Morgan fingerprint density at radius 2 is 2.07 bits per heavy atom. The third kappa shape index (κ3) is 1.78. The van der Waals surface area contributed by atoms with E-state index in [0.29, 0.717) is 11.2 Å². The average Bonchev–Trinajstić information content (AvgIpc) is 2.17. The van der Waals surface area contributed by atoms with Crippen LogP contribution in [-0.2, 0) is 0 Å². The molecule has 0 aliphatic carbocycles. The third-order valence-electron chi connectivity index (χ3n) is 2.04. The standard InChI is InChI=1S/C10H8BrN3O/c11-6-2-1-5-3-7(12)9(10(13)15)14-8(5)4-6/h1-4H,12H2,(H2,13,15). The van der Waals surface area contributed by atoms with Gasteiger partial charge in [-0.25, -0.2) is 4.98 Å². The first kappa shape index (κ1) is 9.92. The summed E-state index contributed by atoms with van der Waals surface area (Å²) in [6.07, 6.45) is 0. The predicted molar refractivity (Wildman–Crippen MR) is 62.4 cm³/mol. The van der Waals surface area contributed by atoms with Crippen LogP contribution in [0.3, 0.4) is 0 Å². The highest BCUT2D eigenvalue weighted by molar-refractivity contribution is 9.10. The van der Waals surface area contributed by atoms with Crippen LogP contribution in [0.15, 0.2) is 28.7 Å². The Labute approximate surface area is 94.4 Å². The largest absolute Gasteiger partial charge is 0.397 e. The lowest BCUT2D eigenvalue weighted by Crippen LogP contribution is -2.15. The van der Waals surface area contributed by atoms with E-state index in [1.54, 1.807) is 12.1 Å². The first-order chi connectivity index (χ1) is 7.08. The number of fused-ring (bicyclic) bond motifs is 1. The molecule has 5 heteroatoms. The van der Waals surface area contributed by atoms with Gasteiger partial charge in [0, 0.05) is 9.86 Å². The van der Waals surface area contributed by atoms with E-state index < -0.39 is 5.91 Å². The van der Waals surface area contributed by atoms with Gasteiger partial charge in [-0.2, -0.15) is 0 Å². The molecule has 2 rings (SSSR count). The molecular formula is C10H8BrN3O. The molecule has 4 N–H and O–H groups in total. The molecule has 1 aromatic heterocycles. The molecule has 0 aliphatic rings. The summed E-state index contributed by atoms with van der Waals surface area (Å²) < 4.78 is 0.891. The molecule has 0 saturated carbocycles. The van der Waals surface area contributed by atoms with Crippen molar-refractivity contribution in [1.82, 2.24) is 4.98 Å². The first-order valence-corrected chi connectivity index (χ1v) is 5.03. The summed E-state index contributed by atoms with van der Waals surface area (Å²) in [4.78, 5) is 15.1. The molecule has 0 saturated heterocycles. The van der Waals surface area contributed by atoms with Crippen molar-refractivity contribution < 1.29 is 4.79 Å². The number of carbonyl (C=O) groups excluding carboxylic acids is 1. The van der Waals surface area contributed by atoms with Crippen LogP contribution in [0, 0.1) is 0 Å². The van der Waals surface area contributed by atoms with Crippen molar-refractivity contribution in [2.75, 3.05) is 5.73 Å². The first-order valence-electron chi connectivity index (χ1n) is 4.23. The van der Waals surface area contributed by atoms with Gasteiger partial charge in [-0.05, 0) is 18.2 Å². The van der Waals surface area contributed by atoms with Crippen LogP contribution in [-0.4, -0.2) is 10.9 Å². The molecule has 0 bridgehead atoms. The number of primary amides is 1. The predicted octanol–water partition coefficient (Wildman–Crippen LogP) is 1.68. The van der Waals surface area contributed by atoms with E-state index in [-0.39, 0.29) is 5.69 Å². The molecule has 76 valence electrons. The fourth-order valence-corrected chi connectivity index (χ4v) is 1.70. The molecule has 15 heavy (non-hydrogen) atoms. The second-order valence-electron chi connectivity index (χ2n) is 3.13. The summed E-state index contributed by atoms with van der Waals surface area (Å²) in [5.41, 5.74) is 11.9. The molecule has 0 aliphatic heterocycles. The number of rotatable bonds is 1. The van der Waals surface area contributed by atoms with Crippen LogP contribution >= 0.6 is 15.9 Å². The van der Waals surface area contributed by atoms with Gasteiger partial charge in [-0.3, -0.25) is 4.79 Å². The van der Waals surface area contributed by atoms with Gasteiger partial charge in [0.15, 0.2) is 5.69 Å². The number of halogens is 1. The normalized spacial score (nSPS) is 10.5. The molecule has 2 aromatic rings. The van der Waals surface area contributed by atoms with Crippen LogP contribution < -0.4 is 11.5 Å². The van der Waals surface area contributed by atoms with Crippen molar-refractivity contribution in [3.05, 3.63) is 34.4 Å². The zero-order valence-electron chi connectivity index (χ0n) is 7.70. The summed E-state index contributed by atoms with van der Waals surface area (Å²) in [5.74, 6) is -0.616. The molecule has 0 radical (unpaired) electrons. The summed E-state index contributed by atoms with van der Waals surface area (Å²) >= 11 is 3.33. The SMILES string of the molecule is NC(=O)c1nc2cc(Br)ccc2cc1N. The summed E-state index contributed by atoms with van der Waals surface area (Å²) in [6.45, 7) is 0. The minimum Gasteiger partial charge on any atom is -0.397 e. The molecule has 1 amide bonds. The highest BCUT2D eigenvalue weighted by atomic mass is 79.9. The fraction of sp³-hybridized carbons (Fsp3) is 0. The average molecular weight is 266 g/mol. The highest BCUT2D eigenvalue weighted by Gasteiger charge is 2.09. The van der Waals surface area contributed by atoms with Crippen molar-refractivity contribution in [2.45, 2.75) is 0 Å². The number of carbonyl (C=O) groups is 1. The van der Waals surface area contributed by atoms with Crippen molar-refractivity contribution in [3.63, 3.8) is 0 Å². The number of benzene rings is 1. The molecule has 0 unspecified atom stereocenters. The topological polar surface area (TPSA) is 82.0 Å². The number of nitrogens with zero attached hydrogens (tertiary/aromatic N) is 1. The Balaban J connectivity index is 2.77. The quantitative estimate of drug-likeness (QED) is 0.823. The Kier molecular flexibility index (Phi) is 2.32. The zero-order chi connectivity index (χ0) is 11.0. The number of anilines is 1. The second kappa shape index (κ2) is 3.51. The molecule has 0 fully saturated rings. The lowest BCUT2D eigenvalue weighted by Gasteiger charge is -2.04. The molecule has 1 heterocycles. The van der Waals surface area contributed by atoms with Crippen molar-refractivity contribution in [1.29, 1.82) is 0 Å². The van der Waals surface area contributed by atoms with Crippen LogP contribution in [0.1, 0.15) is 10.5 Å². The van der Waals surface area contributed by atoms with E-state index in [9.17, 15) is 4.79 Å². The Morgan fingerprint density at radius 3 is 2.73 bits per heavy atom. The van der Waals surface area contributed by atoms with Crippen molar-refractivity contribution >= 4 is 38.4 Å². The smallest absolute Gasteiger partial charge is 0.269 e. The maximum absolute atomic E-state index is 11.0.